The van der Waals surface area contributed by atoms with Crippen molar-refractivity contribution in [2.24, 2.45) is 5.92 Å². The van der Waals surface area contributed by atoms with Crippen LogP contribution in [0.15, 0.2) is 39.5 Å². The summed E-state index contributed by atoms with van der Waals surface area (Å²) in [7, 11) is 0. The van der Waals surface area contributed by atoms with Gasteiger partial charge in [0.05, 0.1) is 33.0 Å². The van der Waals surface area contributed by atoms with Gasteiger partial charge in [-0.15, -0.1) is 0 Å². The van der Waals surface area contributed by atoms with Gasteiger partial charge in [-0.1, -0.05) is 13.8 Å². The van der Waals surface area contributed by atoms with Crippen LogP contribution >= 0.6 is 0 Å². The zero-order chi connectivity index (χ0) is 35.5. The van der Waals surface area contributed by atoms with Gasteiger partial charge in [0.25, 0.3) is 0 Å². The zero-order valence-electron chi connectivity index (χ0n) is 27.5. The number of benzene rings is 2. The third kappa shape index (κ3) is 9.52. The Bertz CT molecular complexity index is 1540. The fourth-order valence-electron chi connectivity index (χ4n) is 4.92. The predicted octanol–water partition coefficient (Wildman–Crippen LogP) is 0.957. The van der Waals surface area contributed by atoms with E-state index in [0.717, 1.165) is 0 Å². The number of fused-ring (bicyclic) bond motifs is 1. The van der Waals surface area contributed by atoms with Gasteiger partial charge in [0, 0.05) is 56.8 Å². The quantitative estimate of drug-likeness (QED) is 0.0868. The van der Waals surface area contributed by atoms with Crippen LogP contribution in [0.1, 0.15) is 33.1 Å². The Kier molecular flexibility index (Phi) is 14.3. The van der Waals surface area contributed by atoms with Gasteiger partial charge in [-0.05, 0) is 24.1 Å². The Morgan fingerprint density at radius 3 is 2.00 bits per heavy atom. The molecule has 3 unspecified atom stereocenters. The Morgan fingerprint density at radius 1 is 0.755 bits per heavy atom. The van der Waals surface area contributed by atoms with E-state index in [-0.39, 0.29) is 92.6 Å². The van der Waals surface area contributed by atoms with Crippen LogP contribution < -0.4 is 29.1 Å². The molecule has 272 valence electrons. The largest absolute Gasteiger partial charge is 0.492 e. The van der Waals surface area contributed by atoms with Crippen LogP contribution in [0.2, 0.25) is 0 Å². The van der Waals surface area contributed by atoms with Crippen molar-refractivity contribution in [2.45, 2.75) is 63.8 Å². The second kappa shape index (κ2) is 18.4. The molecule has 2 heterocycles. The van der Waals surface area contributed by atoms with E-state index in [9.17, 15) is 40.5 Å². The fraction of sp³-hybridized carbons (Fsp3) is 0.559. The van der Waals surface area contributed by atoms with Gasteiger partial charge >= 0.3 is 0 Å². The summed E-state index contributed by atoms with van der Waals surface area (Å²) in [5.74, 6) is 0.649. The Morgan fingerprint density at radius 2 is 1.39 bits per heavy atom. The molecule has 0 spiro atoms. The first-order chi connectivity index (χ1) is 23.6. The van der Waals surface area contributed by atoms with Crippen LogP contribution in [-0.2, 0) is 4.74 Å². The van der Waals surface area contributed by atoms with Gasteiger partial charge in [-0.25, -0.2) is 0 Å². The Balaban J connectivity index is 1.87. The van der Waals surface area contributed by atoms with Crippen LogP contribution in [0.3, 0.4) is 0 Å². The van der Waals surface area contributed by atoms with E-state index in [1.165, 1.54) is 12.1 Å². The summed E-state index contributed by atoms with van der Waals surface area (Å²) in [6, 6.07) is 7.59. The molecule has 0 saturated carbocycles. The van der Waals surface area contributed by atoms with Crippen molar-refractivity contribution in [3.05, 3.63) is 40.6 Å². The minimum Gasteiger partial charge on any atom is -0.492 e. The van der Waals surface area contributed by atoms with Crippen LogP contribution in [0, 0.1) is 5.92 Å². The minimum absolute atomic E-state index is 0.00461. The van der Waals surface area contributed by atoms with Crippen molar-refractivity contribution in [1.82, 2.24) is 0 Å². The third-order valence-corrected chi connectivity index (χ3v) is 7.44. The van der Waals surface area contributed by atoms with E-state index in [0.29, 0.717) is 29.9 Å². The van der Waals surface area contributed by atoms with Gasteiger partial charge in [0.2, 0.25) is 17.5 Å². The average molecular weight is 695 g/mol. The maximum absolute atomic E-state index is 14.2. The van der Waals surface area contributed by atoms with Gasteiger partial charge in [-0.3, -0.25) is 4.79 Å². The van der Waals surface area contributed by atoms with Crippen LogP contribution in [0.4, 0.5) is 0 Å². The highest BCUT2D eigenvalue weighted by atomic mass is 16.7. The Hall–Kier alpha value is -3.67. The highest BCUT2D eigenvalue weighted by Gasteiger charge is 2.45. The number of ether oxygens (including phenoxy) is 6. The van der Waals surface area contributed by atoms with Gasteiger partial charge in [-0.2, -0.15) is 0 Å². The molecule has 1 saturated heterocycles. The summed E-state index contributed by atoms with van der Waals surface area (Å²) >= 11 is 0. The molecule has 0 radical (unpaired) electrons. The molecule has 1 aromatic heterocycles. The van der Waals surface area contributed by atoms with Crippen molar-refractivity contribution in [3.8, 4) is 40.1 Å². The van der Waals surface area contributed by atoms with Gasteiger partial charge in [0.15, 0.2) is 17.3 Å². The molecule has 0 aliphatic carbocycles. The molecule has 1 fully saturated rings. The highest BCUT2D eigenvalue weighted by molar-refractivity contribution is 5.89. The second-order valence-electron chi connectivity index (χ2n) is 11.8. The average Bonchev–Trinajstić information content (AvgIpc) is 3.08. The molecule has 0 amide bonds. The van der Waals surface area contributed by atoms with E-state index in [1.54, 1.807) is 18.2 Å². The summed E-state index contributed by atoms with van der Waals surface area (Å²) in [6.07, 6.45) is -6.76. The zero-order valence-corrected chi connectivity index (χ0v) is 27.5. The number of hydrogen-bond donors (Lipinski definition) is 7. The molecule has 4 rings (SSSR count). The van der Waals surface area contributed by atoms with Gasteiger partial charge in [0.1, 0.15) is 46.9 Å². The molecule has 7 N–H and O–H groups in total. The molecule has 15 nitrogen and oxygen atoms in total. The second-order valence-corrected chi connectivity index (χ2v) is 11.8. The van der Waals surface area contributed by atoms with Crippen LogP contribution in [0.25, 0.3) is 22.3 Å². The first-order valence-electron chi connectivity index (χ1n) is 16.2. The first-order valence-corrected chi connectivity index (χ1v) is 16.2. The molecule has 3 aromatic rings. The third-order valence-electron chi connectivity index (χ3n) is 7.44. The molecule has 1 aliphatic heterocycles. The van der Waals surface area contributed by atoms with Crippen molar-refractivity contribution in [3.63, 3.8) is 0 Å². The predicted molar refractivity (Wildman–Crippen MR) is 174 cm³/mol. The summed E-state index contributed by atoms with van der Waals surface area (Å²) in [4.78, 5) is 14.2. The van der Waals surface area contributed by atoms with Gasteiger partial charge < -0.3 is 68.6 Å². The summed E-state index contributed by atoms with van der Waals surface area (Å²) < 4.78 is 41.3. The summed E-state index contributed by atoms with van der Waals surface area (Å²) in [5.41, 5.74) is -0.195. The molecule has 1 aliphatic rings. The number of aliphatic hydroxyl groups is 7. The molecule has 0 bridgehead atoms. The lowest BCUT2D eigenvalue weighted by Crippen LogP contribution is -2.60. The van der Waals surface area contributed by atoms with E-state index < -0.39 is 42.7 Å². The first kappa shape index (κ1) is 38.1. The number of rotatable bonds is 19. The minimum atomic E-state index is -1.70. The lowest BCUT2D eigenvalue weighted by atomic mass is 9.99. The fourth-order valence-corrected chi connectivity index (χ4v) is 4.92. The van der Waals surface area contributed by atoms with E-state index in [4.69, 9.17) is 32.8 Å². The molecular formula is C34H46O15. The molecular weight excluding hydrogens is 648 g/mol. The van der Waals surface area contributed by atoms with E-state index in [2.05, 4.69) is 0 Å². The number of hydrogen-bond acceptors (Lipinski definition) is 15. The SMILES string of the molecule is CC(C)COc1c(-c2ccc(OCCCO)c(OCCCO)c2)oc2cc(O[C@@H]3OC(CO)[C@@H](O)C(O)C3O)cc(OCCCO)c2c1=O. The van der Waals surface area contributed by atoms with Crippen molar-refractivity contribution >= 4 is 11.0 Å². The standard InChI is InChI=1S/C34H46O15/c1-19(2)18-46-33-29(40)27-24(45-13-5-10-37)15-21(47-34-31(42)30(41)28(39)26(17-38)49-34)16-25(27)48-32(33)20-6-7-22(43-11-3-8-35)23(14-20)44-12-4-9-36/h6-7,14-16,19,26,28,30-31,34-39,41-42H,3-5,8-13,17-18H2,1-2H3/t26?,28-,30?,31?,34-/m1/s1. The monoisotopic (exact) mass is 694 g/mol. The molecule has 15 heteroatoms. The van der Waals surface area contributed by atoms with Crippen LogP contribution in [0.5, 0.6) is 28.7 Å². The molecule has 5 atom stereocenters. The van der Waals surface area contributed by atoms with Crippen molar-refractivity contribution < 1.29 is 68.6 Å². The topological polar surface area (TPSA) is 227 Å². The summed E-state index contributed by atoms with van der Waals surface area (Å²) in [5, 5.41) is 68.4. The van der Waals surface area contributed by atoms with Crippen molar-refractivity contribution in [1.29, 1.82) is 0 Å². The normalized spacial score (nSPS) is 20.8. The molecule has 2 aromatic carbocycles. The maximum atomic E-state index is 14.2. The lowest BCUT2D eigenvalue weighted by Gasteiger charge is -2.39. The van der Waals surface area contributed by atoms with E-state index in [1.807, 2.05) is 13.8 Å². The lowest BCUT2D eigenvalue weighted by molar-refractivity contribution is -0.277. The van der Waals surface area contributed by atoms with Crippen LogP contribution in [-0.4, -0.2) is 119 Å². The highest BCUT2D eigenvalue weighted by Crippen LogP contribution is 2.40. The number of aliphatic hydroxyl groups excluding tert-OH is 7. The molecule has 49 heavy (non-hydrogen) atoms. The smallest absolute Gasteiger partial charge is 0.239 e. The summed E-state index contributed by atoms with van der Waals surface area (Å²) in [6.45, 7) is 3.41. The maximum Gasteiger partial charge on any atom is 0.239 e. The Labute approximate surface area is 282 Å². The van der Waals surface area contributed by atoms with E-state index >= 15 is 0 Å². The van der Waals surface area contributed by atoms with Crippen molar-refractivity contribution in [2.75, 3.05) is 52.9 Å².